The summed E-state index contributed by atoms with van der Waals surface area (Å²) in [5, 5.41) is 0. The Labute approximate surface area is 177 Å². The molecule has 6 rings (SSSR count). The molecule has 5 aliphatic carbocycles. The lowest BCUT2D eigenvalue weighted by Gasteiger charge is -2.56. The van der Waals surface area contributed by atoms with Crippen molar-refractivity contribution in [2.75, 3.05) is 6.54 Å². The minimum Gasteiger partial charge on any atom is -0.282 e. The van der Waals surface area contributed by atoms with Crippen molar-refractivity contribution in [3.05, 3.63) is 12.2 Å². The Hall–Kier alpha value is -2.18. The molecule has 2 N–H and O–H groups in total. The molecule has 5 fully saturated rings. The van der Waals surface area contributed by atoms with E-state index in [0.717, 1.165) is 37.0 Å². The van der Waals surface area contributed by atoms with E-state index in [0.29, 0.717) is 19.3 Å². The van der Waals surface area contributed by atoms with Crippen molar-refractivity contribution in [3.63, 3.8) is 0 Å². The summed E-state index contributed by atoms with van der Waals surface area (Å²) in [5.74, 6) is 0.962. The van der Waals surface area contributed by atoms with E-state index in [-0.39, 0.29) is 53.8 Å². The van der Waals surface area contributed by atoms with Crippen molar-refractivity contribution in [2.24, 2.45) is 35.0 Å². The quantitative estimate of drug-likeness (QED) is 0.410. The largest absolute Gasteiger partial charge is 0.282 e. The molecule has 0 spiro atoms. The van der Waals surface area contributed by atoms with Crippen molar-refractivity contribution < 1.29 is 19.2 Å². The first-order valence-electron chi connectivity index (χ1n) is 11.5. The highest BCUT2D eigenvalue weighted by Crippen LogP contribution is 2.61. The molecule has 1 heterocycles. The number of nitrogens with one attached hydrogen (secondary N) is 2. The van der Waals surface area contributed by atoms with Crippen LogP contribution >= 0.6 is 0 Å². The van der Waals surface area contributed by atoms with Crippen LogP contribution in [-0.4, -0.2) is 35.1 Å². The molecule has 4 amide bonds. The summed E-state index contributed by atoms with van der Waals surface area (Å²) in [7, 11) is 0. The zero-order chi connectivity index (χ0) is 20.9. The summed E-state index contributed by atoms with van der Waals surface area (Å²) in [6.45, 7) is 0.0708. The highest BCUT2D eigenvalue weighted by molar-refractivity contribution is 6.05. The van der Waals surface area contributed by atoms with E-state index in [1.165, 1.54) is 24.2 Å². The van der Waals surface area contributed by atoms with E-state index in [1.807, 2.05) is 12.2 Å². The predicted molar refractivity (Wildman–Crippen MR) is 108 cm³/mol. The number of amides is 4. The van der Waals surface area contributed by atoms with Gasteiger partial charge in [-0.05, 0) is 74.5 Å². The van der Waals surface area contributed by atoms with Gasteiger partial charge in [0.2, 0.25) is 23.6 Å². The van der Waals surface area contributed by atoms with Gasteiger partial charge in [0.15, 0.2) is 0 Å². The molecule has 4 bridgehead atoms. The van der Waals surface area contributed by atoms with Gasteiger partial charge >= 0.3 is 0 Å². The average molecular weight is 414 g/mol. The zero-order valence-electron chi connectivity index (χ0n) is 17.4. The van der Waals surface area contributed by atoms with E-state index >= 15 is 0 Å². The molecule has 0 aromatic rings. The number of carbonyl (C=O) groups excluding carboxylic acids is 4. The van der Waals surface area contributed by atoms with Crippen molar-refractivity contribution in [2.45, 2.75) is 64.2 Å². The molecule has 162 valence electrons. The molecule has 1 saturated heterocycles. The number of fused-ring (bicyclic) bond motifs is 1. The summed E-state index contributed by atoms with van der Waals surface area (Å²) >= 11 is 0. The molecule has 6 aliphatic rings. The van der Waals surface area contributed by atoms with Gasteiger partial charge < -0.3 is 0 Å². The summed E-state index contributed by atoms with van der Waals surface area (Å²) in [6.07, 6.45) is 13.0. The first-order chi connectivity index (χ1) is 14.4. The first-order valence-corrected chi connectivity index (χ1v) is 11.5. The van der Waals surface area contributed by atoms with Crippen LogP contribution in [0.25, 0.3) is 0 Å². The van der Waals surface area contributed by atoms with Gasteiger partial charge in [-0.3, -0.25) is 34.9 Å². The normalized spacial score (nSPS) is 38.7. The van der Waals surface area contributed by atoms with Gasteiger partial charge in [-0.2, -0.15) is 0 Å². The highest BCUT2D eigenvalue weighted by atomic mass is 16.2. The van der Waals surface area contributed by atoms with Gasteiger partial charge in [0.1, 0.15) is 0 Å². The number of hydrogen-bond donors (Lipinski definition) is 2. The molecule has 0 aromatic carbocycles. The lowest BCUT2D eigenvalue weighted by atomic mass is 9.49. The van der Waals surface area contributed by atoms with Crippen LogP contribution in [0.1, 0.15) is 64.2 Å². The Morgan fingerprint density at radius 2 is 1.37 bits per heavy atom. The average Bonchev–Trinajstić information content (AvgIpc) is 2.94. The number of imide groups is 1. The van der Waals surface area contributed by atoms with Crippen LogP contribution in [-0.2, 0) is 19.2 Å². The van der Waals surface area contributed by atoms with Crippen molar-refractivity contribution in [3.8, 4) is 0 Å². The fraction of sp³-hybridized carbons (Fsp3) is 0.739. The molecule has 1 aliphatic heterocycles. The second kappa shape index (κ2) is 7.50. The lowest BCUT2D eigenvalue weighted by Crippen LogP contribution is -2.50. The van der Waals surface area contributed by atoms with Gasteiger partial charge in [-0.1, -0.05) is 12.2 Å². The Balaban J connectivity index is 1.07. The topological polar surface area (TPSA) is 95.6 Å². The van der Waals surface area contributed by atoms with E-state index in [1.54, 1.807) is 0 Å². The second-order valence-corrected chi connectivity index (χ2v) is 10.4. The van der Waals surface area contributed by atoms with Crippen LogP contribution < -0.4 is 10.9 Å². The maximum Gasteiger partial charge on any atom is 0.240 e. The molecular weight excluding hydrogens is 382 g/mol. The van der Waals surface area contributed by atoms with E-state index in [9.17, 15) is 19.2 Å². The minimum absolute atomic E-state index is 0.00198. The van der Waals surface area contributed by atoms with E-state index < -0.39 is 0 Å². The molecule has 30 heavy (non-hydrogen) atoms. The van der Waals surface area contributed by atoms with Crippen LogP contribution in [0.15, 0.2) is 12.2 Å². The molecule has 0 unspecified atom stereocenters. The number of rotatable bonds is 5. The summed E-state index contributed by atoms with van der Waals surface area (Å²) in [4.78, 5) is 50.8. The van der Waals surface area contributed by atoms with Gasteiger partial charge in [0.25, 0.3) is 0 Å². The molecule has 0 radical (unpaired) electrons. The fourth-order valence-corrected chi connectivity index (χ4v) is 7.40. The molecule has 7 heteroatoms. The number of carbonyl (C=O) groups is 4. The standard InChI is InChI=1S/C23H31N3O4/c27-19(5-6-26-21(29)17-3-1-2-4-18(17)22(26)30)24-25-20(28)13-23-10-14-7-15(11-23)9-16(8-14)12-23/h1-2,14-18H,3-13H2,(H,24,27)(H,25,28)/t14?,15?,16?,17-,18+,23?. The predicted octanol–water partition coefficient (Wildman–Crippen LogP) is 2.08. The summed E-state index contributed by atoms with van der Waals surface area (Å²) < 4.78 is 0. The fourth-order valence-electron chi connectivity index (χ4n) is 7.40. The number of allylic oxidation sites excluding steroid dienone is 2. The number of hydrazine groups is 1. The third-order valence-corrected chi connectivity index (χ3v) is 8.20. The summed E-state index contributed by atoms with van der Waals surface area (Å²) in [5.41, 5.74) is 5.18. The highest BCUT2D eigenvalue weighted by Gasteiger charge is 2.51. The minimum atomic E-state index is -0.373. The molecule has 4 saturated carbocycles. The Bertz CT molecular complexity index is 743. The number of nitrogens with zero attached hydrogens (tertiary/aromatic N) is 1. The number of likely N-dealkylation sites (tertiary alicyclic amines) is 1. The van der Waals surface area contributed by atoms with Crippen LogP contribution in [0.5, 0.6) is 0 Å². The molecule has 0 aromatic heterocycles. The van der Waals surface area contributed by atoms with Crippen molar-refractivity contribution in [1.29, 1.82) is 0 Å². The SMILES string of the molecule is O=C(CCN1C(=O)[C@H]2CC=CC[C@H]2C1=O)NNC(=O)CC12CC3CC(CC(C3)C1)C2. The zero-order valence-corrected chi connectivity index (χ0v) is 17.4. The van der Waals surface area contributed by atoms with Gasteiger partial charge in [0, 0.05) is 19.4 Å². The van der Waals surface area contributed by atoms with Gasteiger partial charge in [0.05, 0.1) is 11.8 Å². The van der Waals surface area contributed by atoms with Crippen LogP contribution in [0.3, 0.4) is 0 Å². The third-order valence-electron chi connectivity index (χ3n) is 8.20. The Morgan fingerprint density at radius 1 is 0.867 bits per heavy atom. The van der Waals surface area contributed by atoms with E-state index in [2.05, 4.69) is 10.9 Å². The molecule has 7 nitrogen and oxygen atoms in total. The van der Waals surface area contributed by atoms with Crippen LogP contribution in [0.2, 0.25) is 0 Å². The maximum absolute atomic E-state index is 12.5. The smallest absolute Gasteiger partial charge is 0.240 e. The van der Waals surface area contributed by atoms with E-state index in [4.69, 9.17) is 0 Å². The van der Waals surface area contributed by atoms with Gasteiger partial charge in [-0.25, -0.2) is 0 Å². The lowest BCUT2D eigenvalue weighted by molar-refractivity contribution is -0.141. The monoisotopic (exact) mass is 413 g/mol. The Kier molecular flexibility index (Phi) is 4.94. The Morgan fingerprint density at radius 3 is 1.90 bits per heavy atom. The summed E-state index contributed by atoms with van der Waals surface area (Å²) in [6, 6.07) is 0. The first kappa shape index (κ1) is 19.8. The second-order valence-electron chi connectivity index (χ2n) is 10.4. The van der Waals surface area contributed by atoms with Gasteiger partial charge in [-0.15, -0.1) is 0 Å². The third kappa shape index (κ3) is 3.56. The van der Waals surface area contributed by atoms with Crippen molar-refractivity contribution >= 4 is 23.6 Å². The van der Waals surface area contributed by atoms with Crippen LogP contribution in [0.4, 0.5) is 0 Å². The van der Waals surface area contributed by atoms with Crippen molar-refractivity contribution in [1.82, 2.24) is 15.8 Å². The number of hydrogen-bond acceptors (Lipinski definition) is 4. The molecule has 2 atom stereocenters. The van der Waals surface area contributed by atoms with Crippen LogP contribution in [0, 0.1) is 35.0 Å². The molecular formula is C23H31N3O4. The maximum atomic E-state index is 12.5.